The van der Waals surface area contributed by atoms with Gasteiger partial charge in [-0.05, 0) is 48.7 Å². The Balaban J connectivity index is 2.03. The normalized spacial score (nSPS) is 11.4. The highest BCUT2D eigenvalue weighted by Crippen LogP contribution is 2.29. The molecule has 2 aromatic rings. The van der Waals surface area contributed by atoms with Crippen molar-refractivity contribution in [3.05, 3.63) is 53.1 Å². The Hall–Kier alpha value is -2.72. The van der Waals surface area contributed by atoms with E-state index in [9.17, 15) is 22.0 Å². The number of nitrogens with two attached hydrogens (primary N) is 1. The zero-order valence-electron chi connectivity index (χ0n) is 15.2. The lowest BCUT2D eigenvalue weighted by molar-refractivity contribution is -0.0512. The zero-order valence-corrected chi connectivity index (χ0v) is 16.1. The van der Waals surface area contributed by atoms with Gasteiger partial charge < -0.3 is 14.8 Å². The third-order valence-corrected chi connectivity index (χ3v) is 4.95. The summed E-state index contributed by atoms with van der Waals surface area (Å²) in [6.07, 6.45) is 0.394. The first kappa shape index (κ1) is 21.6. The molecule has 0 radical (unpaired) electrons. The molecule has 1 amide bonds. The number of methoxy groups -OCH3 is 1. The number of carbonyl (C=O) groups is 1. The zero-order chi connectivity index (χ0) is 20.9. The van der Waals surface area contributed by atoms with Gasteiger partial charge in [0.1, 0.15) is 0 Å². The van der Waals surface area contributed by atoms with Crippen LogP contribution >= 0.6 is 0 Å². The first-order valence-electron chi connectivity index (χ1n) is 8.15. The number of rotatable bonds is 8. The van der Waals surface area contributed by atoms with E-state index in [0.29, 0.717) is 12.0 Å². The Kier molecular flexibility index (Phi) is 6.92. The SMILES string of the molecule is COc1cc(CCNC(=O)c2ccc(C)c(S(N)(=O)=O)c2)ccc1OC(F)F. The average Bonchev–Trinajstić information content (AvgIpc) is 2.61. The molecule has 0 bridgehead atoms. The second-order valence-corrected chi connectivity index (χ2v) is 7.42. The molecule has 0 spiro atoms. The van der Waals surface area contributed by atoms with Crippen molar-refractivity contribution in [3.8, 4) is 11.5 Å². The van der Waals surface area contributed by atoms with Crippen molar-refractivity contribution in [2.45, 2.75) is 24.9 Å². The van der Waals surface area contributed by atoms with E-state index in [1.807, 2.05) is 0 Å². The van der Waals surface area contributed by atoms with Crippen LogP contribution in [0.2, 0.25) is 0 Å². The number of alkyl halides is 2. The molecule has 0 saturated heterocycles. The van der Waals surface area contributed by atoms with Gasteiger partial charge in [-0.25, -0.2) is 13.6 Å². The van der Waals surface area contributed by atoms with Gasteiger partial charge in [-0.1, -0.05) is 12.1 Å². The van der Waals surface area contributed by atoms with Crippen LogP contribution in [0.15, 0.2) is 41.3 Å². The Labute approximate surface area is 161 Å². The van der Waals surface area contributed by atoms with Gasteiger partial charge in [0.05, 0.1) is 12.0 Å². The van der Waals surface area contributed by atoms with Crippen molar-refractivity contribution in [1.82, 2.24) is 5.32 Å². The third-order valence-electron chi connectivity index (χ3n) is 3.90. The number of nitrogens with one attached hydrogen (secondary N) is 1. The smallest absolute Gasteiger partial charge is 0.387 e. The topological polar surface area (TPSA) is 108 Å². The number of amides is 1. The lowest BCUT2D eigenvalue weighted by Gasteiger charge is -2.12. The van der Waals surface area contributed by atoms with Gasteiger partial charge in [-0.3, -0.25) is 4.79 Å². The van der Waals surface area contributed by atoms with E-state index >= 15 is 0 Å². The lowest BCUT2D eigenvalue weighted by Crippen LogP contribution is -2.26. The van der Waals surface area contributed by atoms with Crippen LogP contribution in [0.25, 0.3) is 0 Å². The Morgan fingerprint density at radius 1 is 1.18 bits per heavy atom. The van der Waals surface area contributed by atoms with Gasteiger partial charge in [0.15, 0.2) is 11.5 Å². The predicted molar refractivity (Wildman–Crippen MR) is 98.2 cm³/mol. The fourth-order valence-electron chi connectivity index (χ4n) is 2.53. The predicted octanol–water partition coefficient (Wildman–Crippen LogP) is 2.22. The summed E-state index contributed by atoms with van der Waals surface area (Å²) in [4.78, 5) is 12.1. The number of halogens is 2. The monoisotopic (exact) mass is 414 g/mol. The summed E-state index contributed by atoms with van der Waals surface area (Å²) in [5, 5.41) is 7.81. The van der Waals surface area contributed by atoms with Gasteiger partial charge in [0.2, 0.25) is 10.0 Å². The van der Waals surface area contributed by atoms with Crippen molar-refractivity contribution in [3.63, 3.8) is 0 Å². The summed E-state index contributed by atoms with van der Waals surface area (Å²) >= 11 is 0. The van der Waals surface area contributed by atoms with Gasteiger partial charge >= 0.3 is 6.61 Å². The maximum Gasteiger partial charge on any atom is 0.387 e. The number of aryl methyl sites for hydroxylation is 1. The van der Waals surface area contributed by atoms with Crippen LogP contribution in [0.3, 0.4) is 0 Å². The van der Waals surface area contributed by atoms with Crippen molar-refractivity contribution in [1.29, 1.82) is 0 Å². The molecule has 0 atom stereocenters. The summed E-state index contributed by atoms with van der Waals surface area (Å²) < 4.78 is 57.2. The molecule has 0 fully saturated rings. The number of hydrogen-bond acceptors (Lipinski definition) is 5. The average molecular weight is 414 g/mol. The molecule has 7 nitrogen and oxygen atoms in total. The quantitative estimate of drug-likeness (QED) is 0.689. The molecule has 3 N–H and O–H groups in total. The molecule has 2 aromatic carbocycles. The Bertz CT molecular complexity index is 964. The maximum absolute atomic E-state index is 12.3. The highest BCUT2D eigenvalue weighted by molar-refractivity contribution is 7.89. The lowest BCUT2D eigenvalue weighted by atomic mass is 10.1. The number of ether oxygens (including phenoxy) is 2. The Morgan fingerprint density at radius 3 is 2.50 bits per heavy atom. The molecule has 0 aliphatic heterocycles. The second kappa shape index (κ2) is 8.98. The molecular formula is C18H20F2N2O5S. The summed E-state index contributed by atoms with van der Waals surface area (Å²) in [5.74, 6) is -0.393. The molecule has 0 aliphatic carbocycles. The van der Waals surface area contributed by atoms with Crippen LogP contribution in [-0.4, -0.2) is 34.6 Å². The van der Waals surface area contributed by atoms with Gasteiger partial charge in [-0.2, -0.15) is 8.78 Å². The third kappa shape index (κ3) is 5.64. The van der Waals surface area contributed by atoms with E-state index in [1.165, 1.54) is 37.4 Å². The molecule has 0 aliphatic rings. The minimum absolute atomic E-state index is 0.0829. The molecule has 0 heterocycles. The van der Waals surface area contributed by atoms with Crippen LogP contribution in [0.5, 0.6) is 11.5 Å². The maximum atomic E-state index is 12.3. The summed E-state index contributed by atoms with van der Waals surface area (Å²) in [5.41, 5.74) is 1.33. The molecular weight excluding hydrogens is 394 g/mol. The number of sulfonamides is 1. The molecule has 0 saturated carbocycles. The molecule has 10 heteroatoms. The summed E-state index contributed by atoms with van der Waals surface area (Å²) in [6.45, 7) is -1.15. The molecule has 28 heavy (non-hydrogen) atoms. The minimum atomic E-state index is -3.93. The van der Waals surface area contributed by atoms with E-state index < -0.39 is 22.5 Å². The Morgan fingerprint density at radius 2 is 1.89 bits per heavy atom. The van der Waals surface area contributed by atoms with Gasteiger partial charge in [0.25, 0.3) is 5.91 Å². The number of hydrogen-bond donors (Lipinski definition) is 2. The summed E-state index contributed by atoms with van der Waals surface area (Å²) in [7, 11) is -2.60. The van der Waals surface area contributed by atoms with Gasteiger partial charge in [-0.15, -0.1) is 0 Å². The van der Waals surface area contributed by atoms with E-state index in [4.69, 9.17) is 9.88 Å². The van der Waals surface area contributed by atoms with Crippen LogP contribution in [0, 0.1) is 6.92 Å². The number of primary sulfonamides is 1. The highest BCUT2D eigenvalue weighted by atomic mass is 32.2. The fourth-order valence-corrected chi connectivity index (χ4v) is 3.34. The van der Waals surface area contributed by atoms with Crippen molar-refractivity contribution >= 4 is 15.9 Å². The first-order valence-corrected chi connectivity index (χ1v) is 9.70. The standard InChI is InChI=1S/C18H20F2N2O5S/c1-11-3-5-13(10-16(11)28(21,24)25)17(23)22-8-7-12-4-6-14(27-18(19)20)15(9-12)26-2/h3-6,9-10,18H,7-8H2,1-2H3,(H,22,23)(H2,21,24,25). The minimum Gasteiger partial charge on any atom is -0.493 e. The van der Waals surface area contributed by atoms with Crippen molar-refractivity contribution in [2.24, 2.45) is 5.14 Å². The van der Waals surface area contributed by atoms with Crippen molar-refractivity contribution < 1.29 is 31.5 Å². The fraction of sp³-hybridized carbons (Fsp3) is 0.278. The van der Waals surface area contributed by atoms with E-state index in [1.54, 1.807) is 13.0 Å². The van der Waals surface area contributed by atoms with Crippen LogP contribution in [-0.2, 0) is 16.4 Å². The van der Waals surface area contributed by atoms with Gasteiger partial charge in [0, 0.05) is 12.1 Å². The molecule has 0 unspecified atom stereocenters. The van der Waals surface area contributed by atoms with E-state index in [2.05, 4.69) is 10.1 Å². The molecule has 0 aromatic heterocycles. The van der Waals surface area contributed by atoms with Crippen molar-refractivity contribution in [2.75, 3.05) is 13.7 Å². The van der Waals surface area contributed by atoms with Crippen LogP contribution in [0.4, 0.5) is 8.78 Å². The number of carbonyl (C=O) groups excluding carboxylic acids is 1. The largest absolute Gasteiger partial charge is 0.493 e. The molecule has 2 rings (SSSR count). The number of benzene rings is 2. The molecule has 152 valence electrons. The van der Waals surface area contributed by atoms with Crippen LogP contribution in [0.1, 0.15) is 21.5 Å². The second-order valence-electron chi connectivity index (χ2n) is 5.89. The van der Waals surface area contributed by atoms with E-state index in [0.717, 1.165) is 5.56 Å². The highest BCUT2D eigenvalue weighted by Gasteiger charge is 2.15. The van der Waals surface area contributed by atoms with Crippen LogP contribution < -0.4 is 19.9 Å². The summed E-state index contributed by atoms with van der Waals surface area (Å²) in [6, 6.07) is 8.70. The first-order chi connectivity index (χ1) is 13.1. The van der Waals surface area contributed by atoms with E-state index in [-0.39, 0.29) is 28.5 Å².